The molecule has 0 bridgehead atoms. The van der Waals surface area contributed by atoms with E-state index in [0.717, 1.165) is 37.2 Å². The van der Waals surface area contributed by atoms with Gasteiger partial charge in [-0.3, -0.25) is 0 Å². The Bertz CT molecular complexity index is 694. The highest BCUT2D eigenvalue weighted by atomic mass is 28.4. The molecule has 0 heterocycles. The summed E-state index contributed by atoms with van der Waals surface area (Å²) in [5.74, 6) is 2.55. The molecule has 0 aromatic heterocycles. The minimum Gasteiger partial charge on any atom is -0.543 e. The van der Waals surface area contributed by atoms with Crippen molar-refractivity contribution >= 4 is 16.6 Å². The van der Waals surface area contributed by atoms with Crippen molar-refractivity contribution in [2.75, 3.05) is 0 Å². The summed E-state index contributed by atoms with van der Waals surface area (Å²) < 4.78 is 13.5. The van der Waals surface area contributed by atoms with E-state index < -0.39 is 16.6 Å². The van der Waals surface area contributed by atoms with Gasteiger partial charge in [0.25, 0.3) is 0 Å². The van der Waals surface area contributed by atoms with Crippen molar-refractivity contribution in [1.29, 1.82) is 0 Å². The summed E-state index contributed by atoms with van der Waals surface area (Å²) >= 11 is 0. The first-order valence-electron chi connectivity index (χ1n) is 11.3. The third-order valence-electron chi connectivity index (χ3n) is 7.55. The number of hydrogen-bond donors (Lipinski definition) is 1. The number of benzene rings is 1. The smallest absolute Gasteiger partial charge is 0.250 e. The van der Waals surface area contributed by atoms with Crippen molar-refractivity contribution in [3.63, 3.8) is 0 Å². The van der Waals surface area contributed by atoms with Gasteiger partial charge < -0.3 is 14.6 Å². The predicted molar refractivity (Wildman–Crippen MR) is 131 cm³/mol. The second-order valence-electron chi connectivity index (χ2n) is 12.0. The molecule has 5 heteroatoms. The van der Waals surface area contributed by atoms with E-state index in [4.69, 9.17) is 14.6 Å². The van der Waals surface area contributed by atoms with Crippen molar-refractivity contribution < 1.29 is 8.85 Å². The molecular weight excluding hydrogens is 390 g/mol. The van der Waals surface area contributed by atoms with Crippen LogP contribution in [0.2, 0.25) is 36.3 Å². The second kappa shape index (κ2) is 8.39. The Morgan fingerprint density at radius 3 is 1.76 bits per heavy atom. The molecule has 1 fully saturated rings. The molecule has 0 saturated heterocycles. The van der Waals surface area contributed by atoms with E-state index in [-0.39, 0.29) is 10.1 Å². The molecule has 0 amide bonds. The van der Waals surface area contributed by atoms with Crippen LogP contribution in [0.5, 0.6) is 11.5 Å². The minimum atomic E-state index is -1.94. The third kappa shape index (κ3) is 5.89. The minimum absolute atomic E-state index is 0.162. The molecule has 0 unspecified atom stereocenters. The highest BCUT2D eigenvalue weighted by Crippen LogP contribution is 2.44. The molecule has 0 radical (unpaired) electrons. The first-order valence-corrected chi connectivity index (χ1v) is 17.1. The molecule has 0 atom stereocenters. The molecule has 1 aromatic carbocycles. The zero-order chi connectivity index (χ0) is 22.3. The molecule has 0 spiro atoms. The van der Waals surface area contributed by atoms with Crippen molar-refractivity contribution in [3.05, 3.63) is 23.8 Å². The van der Waals surface area contributed by atoms with Gasteiger partial charge in [-0.05, 0) is 79.5 Å². The van der Waals surface area contributed by atoms with Crippen LogP contribution in [-0.2, 0) is 0 Å². The summed E-state index contributed by atoms with van der Waals surface area (Å²) in [4.78, 5) is 0. The van der Waals surface area contributed by atoms with E-state index in [2.05, 4.69) is 85.9 Å². The van der Waals surface area contributed by atoms with E-state index in [1.54, 1.807) is 0 Å². The van der Waals surface area contributed by atoms with E-state index in [9.17, 15) is 0 Å². The van der Waals surface area contributed by atoms with E-state index in [0.29, 0.717) is 12.0 Å². The van der Waals surface area contributed by atoms with Gasteiger partial charge in [0.05, 0.1) is 0 Å². The van der Waals surface area contributed by atoms with Crippen LogP contribution in [0.3, 0.4) is 0 Å². The van der Waals surface area contributed by atoms with Crippen LogP contribution in [0.4, 0.5) is 0 Å². The molecule has 0 aliphatic heterocycles. The van der Waals surface area contributed by atoms with Crippen molar-refractivity contribution in [3.8, 4) is 11.5 Å². The lowest BCUT2D eigenvalue weighted by Crippen LogP contribution is -2.44. The van der Waals surface area contributed by atoms with Gasteiger partial charge in [-0.1, -0.05) is 47.6 Å². The Morgan fingerprint density at radius 1 is 0.793 bits per heavy atom. The third-order valence-corrected chi connectivity index (χ3v) is 16.2. The maximum Gasteiger partial charge on any atom is 0.250 e. The first kappa shape index (κ1) is 24.5. The molecule has 1 saturated carbocycles. The van der Waals surface area contributed by atoms with Crippen LogP contribution < -0.4 is 14.6 Å². The molecule has 3 nitrogen and oxygen atoms in total. The van der Waals surface area contributed by atoms with Gasteiger partial charge in [0.2, 0.25) is 16.6 Å². The summed E-state index contributed by atoms with van der Waals surface area (Å²) in [5, 5.41) is 0.334. The summed E-state index contributed by atoms with van der Waals surface area (Å²) in [5.41, 5.74) is 7.52. The van der Waals surface area contributed by atoms with Crippen molar-refractivity contribution in [2.45, 2.75) is 115 Å². The summed E-state index contributed by atoms with van der Waals surface area (Å²) in [6.45, 7) is 23.0. The van der Waals surface area contributed by atoms with Gasteiger partial charge in [-0.2, -0.15) is 0 Å². The zero-order valence-corrected chi connectivity index (χ0v) is 22.6. The highest BCUT2D eigenvalue weighted by molar-refractivity contribution is 6.75. The van der Waals surface area contributed by atoms with Crippen LogP contribution in [0, 0.1) is 0 Å². The Labute approximate surface area is 182 Å². The largest absolute Gasteiger partial charge is 0.543 e. The number of rotatable bonds is 5. The molecule has 1 aliphatic rings. The Morgan fingerprint density at radius 2 is 1.28 bits per heavy atom. The Balaban J connectivity index is 2.41. The summed E-state index contributed by atoms with van der Waals surface area (Å²) in [6.07, 6.45) is 4.51. The zero-order valence-electron chi connectivity index (χ0n) is 20.6. The SMILES string of the molecule is CC(C)(C)[Si](C)(C)Oc1ccc(C2CCC(N)CC2)c(O[Si](C)(C)C(C)(C)C)c1. The maximum atomic E-state index is 6.86. The maximum absolute atomic E-state index is 6.86. The Hall–Kier alpha value is -0.786. The van der Waals surface area contributed by atoms with Crippen molar-refractivity contribution in [2.24, 2.45) is 5.73 Å². The monoisotopic (exact) mass is 435 g/mol. The molecule has 2 N–H and O–H groups in total. The fourth-order valence-electron chi connectivity index (χ4n) is 3.31. The van der Waals surface area contributed by atoms with Gasteiger partial charge in [0.1, 0.15) is 11.5 Å². The molecular formula is C24H45NO2Si2. The molecule has 29 heavy (non-hydrogen) atoms. The highest BCUT2D eigenvalue weighted by Gasteiger charge is 2.41. The molecule has 2 rings (SSSR count). The fraction of sp³-hybridized carbons (Fsp3) is 0.750. The average Bonchev–Trinajstić information content (AvgIpc) is 2.53. The van der Waals surface area contributed by atoms with Gasteiger partial charge >= 0.3 is 0 Å². The molecule has 166 valence electrons. The van der Waals surface area contributed by atoms with Crippen molar-refractivity contribution in [1.82, 2.24) is 0 Å². The van der Waals surface area contributed by atoms with Crippen LogP contribution in [0.25, 0.3) is 0 Å². The quantitative estimate of drug-likeness (QED) is 0.489. The second-order valence-corrected chi connectivity index (χ2v) is 21.5. The first-order chi connectivity index (χ1) is 13.0. The summed E-state index contributed by atoms with van der Waals surface area (Å²) in [7, 11) is -3.83. The van der Waals surface area contributed by atoms with Crippen LogP contribution >= 0.6 is 0 Å². The van der Waals surface area contributed by atoms with Gasteiger partial charge in [-0.25, -0.2) is 0 Å². The average molecular weight is 436 g/mol. The Kier molecular flexibility index (Phi) is 7.08. The van der Waals surface area contributed by atoms with E-state index in [1.165, 1.54) is 5.56 Å². The van der Waals surface area contributed by atoms with Crippen LogP contribution in [0.15, 0.2) is 18.2 Å². The van der Waals surface area contributed by atoms with Gasteiger partial charge in [-0.15, -0.1) is 0 Å². The number of nitrogens with two attached hydrogens (primary N) is 1. The molecule has 1 aliphatic carbocycles. The number of hydrogen-bond acceptors (Lipinski definition) is 3. The lowest BCUT2D eigenvalue weighted by molar-refractivity contribution is 0.386. The van der Waals surface area contributed by atoms with Gasteiger partial charge in [0.15, 0.2) is 0 Å². The van der Waals surface area contributed by atoms with E-state index in [1.807, 2.05) is 0 Å². The van der Waals surface area contributed by atoms with Crippen LogP contribution in [0.1, 0.15) is 78.7 Å². The van der Waals surface area contributed by atoms with Gasteiger partial charge in [0, 0.05) is 12.1 Å². The molecule has 1 aromatic rings. The fourth-order valence-corrected chi connectivity index (χ4v) is 5.36. The summed E-state index contributed by atoms with van der Waals surface area (Å²) in [6, 6.07) is 6.98. The van der Waals surface area contributed by atoms with E-state index >= 15 is 0 Å². The lowest BCUT2D eigenvalue weighted by Gasteiger charge is -2.39. The standard InChI is InChI=1S/C24H45NO2Si2/c1-23(2,3)28(7,8)26-20-15-16-21(18-11-13-19(25)14-12-18)22(17-20)27-29(9,10)24(4,5)6/h15-19H,11-14,25H2,1-10H3. The topological polar surface area (TPSA) is 44.5 Å². The lowest BCUT2D eigenvalue weighted by atomic mass is 9.82. The predicted octanol–water partition coefficient (Wildman–Crippen LogP) is 7.44. The van der Waals surface area contributed by atoms with Crippen LogP contribution in [-0.4, -0.2) is 22.7 Å². The normalized spacial score (nSPS) is 21.8.